The maximum Gasteiger partial charge on any atom is 0.410 e. The van der Waals surface area contributed by atoms with Gasteiger partial charge in [-0.1, -0.05) is 18.2 Å². The van der Waals surface area contributed by atoms with E-state index in [1.54, 1.807) is 4.90 Å². The van der Waals surface area contributed by atoms with Crippen LogP contribution < -0.4 is 5.73 Å². The molecule has 4 heteroatoms. The van der Waals surface area contributed by atoms with E-state index in [1.165, 1.54) is 11.1 Å². The summed E-state index contributed by atoms with van der Waals surface area (Å²) < 4.78 is 5.47. The van der Waals surface area contributed by atoms with Crippen LogP contribution in [0.2, 0.25) is 0 Å². The number of hydrogen-bond donors (Lipinski definition) is 1. The molecular weight excluding hydrogens is 252 g/mol. The summed E-state index contributed by atoms with van der Waals surface area (Å²) in [6, 6.07) is 6.31. The summed E-state index contributed by atoms with van der Waals surface area (Å²) >= 11 is 0. The van der Waals surface area contributed by atoms with Crippen LogP contribution >= 0.6 is 0 Å². The first kappa shape index (κ1) is 14.9. The highest BCUT2D eigenvalue weighted by Crippen LogP contribution is 2.31. The van der Waals surface area contributed by atoms with Gasteiger partial charge in [-0.3, -0.25) is 0 Å². The number of benzene rings is 1. The fraction of sp³-hybridized carbons (Fsp3) is 0.562. The second kappa shape index (κ2) is 5.44. The first-order valence-electron chi connectivity index (χ1n) is 7.13. The lowest BCUT2D eigenvalue weighted by Crippen LogP contribution is -2.42. The fourth-order valence-corrected chi connectivity index (χ4v) is 2.58. The van der Waals surface area contributed by atoms with Gasteiger partial charge in [0.25, 0.3) is 0 Å². The molecule has 0 fully saturated rings. The Kier molecular flexibility index (Phi) is 4.04. The summed E-state index contributed by atoms with van der Waals surface area (Å²) in [5.74, 6) is 0. The van der Waals surface area contributed by atoms with E-state index in [0.29, 0.717) is 13.1 Å². The Labute approximate surface area is 120 Å². The number of nitrogens with two attached hydrogens (primary N) is 1. The zero-order valence-electron chi connectivity index (χ0n) is 12.8. The van der Waals surface area contributed by atoms with Gasteiger partial charge in [-0.15, -0.1) is 0 Å². The molecule has 20 heavy (non-hydrogen) atoms. The van der Waals surface area contributed by atoms with Crippen LogP contribution in [0.5, 0.6) is 0 Å². The third-order valence-corrected chi connectivity index (χ3v) is 3.61. The molecule has 110 valence electrons. The highest BCUT2D eigenvalue weighted by atomic mass is 16.6. The molecular formula is C16H24N2O2. The Morgan fingerprint density at radius 2 is 2.15 bits per heavy atom. The monoisotopic (exact) mass is 276 g/mol. The lowest BCUT2D eigenvalue weighted by atomic mass is 9.92. The smallest absolute Gasteiger partial charge is 0.410 e. The fourth-order valence-electron chi connectivity index (χ4n) is 2.58. The van der Waals surface area contributed by atoms with Gasteiger partial charge >= 0.3 is 6.09 Å². The first-order chi connectivity index (χ1) is 9.31. The van der Waals surface area contributed by atoms with E-state index in [-0.39, 0.29) is 12.1 Å². The lowest BCUT2D eigenvalue weighted by molar-refractivity contribution is 0.0160. The number of ether oxygens (including phenoxy) is 1. The molecule has 0 bridgehead atoms. The minimum atomic E-state index is -0.458. The highest BCUT2D eigenvalue weighted by Gasteiger charge is 2.30. The summed E-state index contributed by atoms with van der Waals surface area (Å²) in [7, 11) is 0. The number of nitrogens with zero attached hydrogens (tertiary/aromatic N) is 1. The minimum absolute atomic E-state index is 0.0421. The third kappa shape index (κ3) is 3.12. The Morgan fingerprint density at radius 1 is 1.45 bits per heavy atom. The van der Waals surface area contributed by atoms with Gasteiger partial charge in [-0.25, -0.2) is 4.79 Å². The molecule has 2 N–H and O–H groups in total. The highest BCUT2D eigenvalue weighted by molar-refractivity contribution is 5.69. The van der Waals surface area contributed by atoms with Crippen LogP contribution in [0.1, 0.15) is 50.4 Å². The molecule has 0 spiro atoms. The molecule has 2 rings (SSSR count). The van der Waals surface area contributed by atoms with Crippen molar-refractivity contribution in [3.63, 3.8) is 0 Å². The van der Waals surface area contributed by atoms with E-state index < -0.39 is 5.60 Å². The maximum atomic E-state index is 12.2. The standard InChI is InChI=1S/C16H24N2O2/c1-11-14-6-5-12(10-17)9-13(14)7-8-18(11)15(19)20-16(2,3)4/h5-6,9,11H,7-8,10,17H2,1-4H3. The minimum Gasteiger partial charge on any atom is -0.444 e. The molecule has 0 aromatic heterocycles. The number of rotatable bonds is 1. The van der Waals surface area contributed by atoms with Crippen LogP contribution in [-0.2, 0) is 17.7 Å². The van der Waals surface area contributed by atoms with Gasteiger partial charge in [-0.2, -0.15) is 0 Å². The van der Waals surface area contributed by atoms with E-state index in [9.17, 15) is 4.79 Å². The Morgan fingerprint density at radius 3 is 2.75 bits per heavy atom. The molecule has 1 unspecified atom stereocenters. The zero-order chi connectivity index (χ0) is 14.9. The van der Waals surface area contributed by atoms with Gasteiger partial charge in [0, 0.05) is 13.1 Å². The second-order valence-corrected chi connectivity index (χ2v) is 6.34. The van der Waals surface area contributed by atoms with Gasteiger partial charge in [0.15, 0.2) is 0 Å². The van der Waals surface area contributed by atoms with Crippen LogP contribution in [-0.4, -0.2) is 23.1 Å². The van der Waals surface area contributed by atoms with Gasteiger partial charge in [0.2, 0.25) is 0 Å². The number of carbonyl (C=O) groups excluding carboxylic acids is 1. The molecule has 1 aromatic carbocycles. The molecule has 1 aromatic rings. The van der Waals surface area contributed by atoms with Gasteiger partial charge in [-0.05, 0) is 50.8 Å². The maximum absolute atomic E-state index is 12.2. The van der Waals surface area contributed by atoms with Crippen molar-refractivity contribution in [2.45, 2.75) is 52.3 Å². The Hall–Kier alpha value is -1.55. The SMILES string of the molecule is CC1c2ccc(CN)cc2CCN1C(=O)OC(C)(C)C. The van der Waals surface area contributed by atoms with Crippen LogP contribution in [0.15, 0.2) is 18.2 Å². The van der Waals surface area contributed by atoms with Crippen molar-refractivity contribution in [1.82, 2.24) is 4.90 Å². The summed E-state index contributed by atoms with van der Waals surface area (Å²) in [6.07, 6.45) is 0.616. The number of fused-ring (bicyclic) bond motifs is 1. The molecule has 4 nitrogen and oxygen atoms in total. The number of carbonyl (C=O) groups is 1. The molecule has 1 amide bonds. The number of hydrogen-bond acceptors (Lipinski definition) is 3. The molecule has 1 aliphatic rings. The summed E-state index contributed by atoms with van der Waals surface area (Å²) in [5, 5.41) is 0. The normalized spacial score (nSPS) is 18.6. The van der Waals surface area contributed by atoms with Crippen LogP contribution in [0.3, 0.4) is 0 Å². The van der Waals surface area contributed by atoms with E-state index in [2.05, 4.69) is 12.1 Å². The Balaban J connectivity index is 2.19. The van der Waals surface area contributed by atoms with Crippen molar-refractivity contribution < 1.29 is 9.53 Å². The summed E-state index contributed by atoms with van der Waals surface area (Å²) in [5.41, 5.74) is 8.85. The third-order valence-electron chi connectivity index (χ3n) is 3.61. The van der Waals surface area contributed by atoms with Crippen LogP contribution in [0.25, 0.3) is 0 Å². The predicted octanol–water partition coefficient (Wildman–Crippen LogP) is 3.00. The summed E-state index contributed by atoms with van der Waals surface area (Å²) in [6.45, 7) is 8.96. The second-order valence-electron chi connectivity index (χ2n) is 6.34. The molecule has 0 radical (unpaired) electrons. The molecule has 0 saturated carbocycles. The van der Waals surface area contributed by atoms with Crippen molar-refractivity contribution in [3.8, 4) is 0 Å². The van der Waals surface area contributed by atoms with Gasteiger partial charge < -0.3 is 15.4 Å². The predicted molar refractivity (Wildman–Crippen MR) is 79.4 cm³/mol. The average Bonchev–Trinajstić information content (AvgIpc) is 2.36. The zero-order valence-corrected chi connectivity index (χ0v) is 12.8. The first-order valence-corrected chi connectivity index (χ1v) is 7.13. The lowest BCUT2D eigenvalue weighted by Gasteiger charge is -2.36. The van der Waals surface area contributed by atoms with Crippen molar-refractivity contribution >= 4 is 6.09 Å². The van der Waals surface area contributed by atoms with E-state index >= 15 is 0 Å². The Bertz CT molecular complexity index is 506. The van der Waals surface area contributed by atoms with Crippen LogP contribution in [0.4, 0.5) is 4.79 Å². The van der Waals surface area contributed by atoms with E-state index in [0.717, 1.165) is 12.0 Å². The van der Waals surface area contributed by atoms with Gasteiger partial charge in [0.05, 0.1) is 6.04 Å². The van der Waals surface area contributed by atoms with Crippen LogP contribution in [0, 0.1) is 0 Å². The van der Waals surface area contributed by atoms with Crippen molar-refractivity contribution in [2.75, 3.05) is 6.54 Å². The molecule has 1 atom stereocenters. The molecule has 1 heterocycles. The van der Waals surface area contributed by atoms with Gasteiger partial charge in [0.1, 0.15) is 5.60 Å². The largest absolute Gasteiger partial charge is 0.444 e. The topological polar surface area (TPSA) is 55.6 Å². The van der Waals surface area contributed by atoms with Crippen molar-refractivity contribution in [2.24, 2.45) is 5.73 Å². The van der Waals surface area contributed by atoms with E-state index in [4.69, 9.17) is 10.5 Å². The van der Waals surface area contributed by atoms with E-state index in [1.807, 2.05) is 33.8 Å². The quantitative estimate of drug-likeness (QED) is 0.858. The summed E-state index contributed by atoms with van der Waals surface area (Å²) in [4.78, 5) is 14.0. The molecule has 0 saturated heterocycles. The van der Waals surface area contributed by atoms with Crippen molar-refractivity contribution in [1.29, 1.82) is 0 Å². The molecule has 1 aliphatic heterocycles. The number of amides is 1. The average molecular weight is 276 g/mol. The molecule has 0 aliphatic carbocycles. The van der Waals surface area contributed by atoms with Crippen molar-refractivity contribution in [3.05, 3.63) is 34.9 Å².